The summed E-state index contributed by atoms with van der Waals surface area (Å²) in [5, 5.41) is 0. The number of primary amides is 1. The lowest BCUT2D eigenvalue weighted by molar-refractivity contribution is -0.122. The van der Waals surface area contributed by atoms with Crippen LogP contribution in [0.4, 0.5) is 11.9 Å². The van der Waals surface area contributed by atoms with E-state index < -0.39 is 0 Å². The summed E-state index contributed by atoms with van der Waals surface area (Å²) in [6, 6.07) is 0.219. The molecule has 1 unspecified atom stereocenters. The van der Waals surface area contributed by atoms with E-state index in [9.17, 15) is 4.79 Å². The molecule has 1 aliphatic rings. The molecule has 1 aromatic rings. The van der Waals surface area contributed by atoms with Gasteiger partial charge in [0, 0.05) is 13.1 Å². The average molecular weight is 295 g/mol. The highest BCUT2D eigenvalue weighted by molar-refractivity contribution is 5.77. The van der Waals surface area contributed by atoms with Crippen LogP contribution in [0.1, 0.15) is 26.2 Å². The van der Waals surface area contributed by atoms with Crippen LogP contribution < -0.4 is 26.6 Å². The molecule has 0 radical (unpaired) electrons. The zero-order valence-electron chi connectivity index (χ0n) is 12.1. The second kappa shape index (κ2) is 7.02. The van der Waals surface area contributed by atoms with Crippen LogP contribution in [0, 0.1) is 5.92 Å². The van der Waals surface area contributed by atoms with E-state index in [1.807, 2.05) is 11.8 Å². The number of anilines is 2. The zero-order chi connectivity index (χ0) is 15.2. The quantitative estimate of drug-likeness (QED) is 0.479. The van der Waals surface area contributed by atoms with Gasteiger partial charge in [-0.2, -0.15) is 15.0 Å². The van der Waals surface area contributed by atoms with Crippen molar-refractivity contribution in [1.29, 1.82) is 0 Å². The van der Waals surface area contributed by atoms with Gasteiger partial charge in [0.05, 0.1) is 12.5 Å². The van der Waals surface area contributed by atoms with E-state index in [1.54, 1.807) is 0 Å². The maximum atomic E-state index is 11.3. The molecular formula is C12H21N7O2. The number of aromatic nitrogens is 3. The normalized spacial score (nSPS) is 18.4. The number of carbonyl (C=O) groups excluding carboxylic acids is 1. The van der Waals surface area contributed by atoms with Crippen molar-refractivity contribution in [1.82, 2.24) is 15.0 Å². The first-order chi connectivity index (χ1) is 10.1. The summed E-state index contributed by atoms with van der Waals surface area (Å²) in [5.74, 6) is 5.55. The number of nitrogen functional groups attached to an aromatic ring is 1. The molecule has 0 aromatic carbocycles. The van der Waals surface area contributed by atoms with Crippen molar-refractivity contribution in [3.8, 4) is 6.01 Å². The van der Waals surface area contributed by atoms with E-state index in [4.69, 9.17) is 16.3 Å². The number of hydrazine groups is 1. The molecule has 0 saturated carbocycles. The van der Waals surface area contributed by atoms with Crippen LogP contribution >= 0.6 is 0 Å². The topological polar surface area (TPSA) is 132 Å². The molecule has 21 heavy (non-hydrogen) atoms. The fraction of sp³-hybridized carbons (Fsp3) is 0.667. The summed E-state index contributed by atoms with van der Waals surface area (Å²) >= 11 is 0. The molecule has 9 nitrogen and oxygen atoms in total. The van der Waals surface area contributed by atoms with Gasteiger partial charge in [0.15, 0.2) is 0 Å². The Bertz CT molecular complexity index is 496. The molecule has 1 aliphatic heterocycles. The predicted molar refractivity (Wildman–Crippen MR) is 77.6 cm³/mol. The van der Waals surface area contributed by atoms with Crippen LogP contribution in [0.2, 0.25) is 0 Å². The largest absolute Gasteiger partial charge is 0.463 e. The van der Waals surface area contributed by atoms with E-state index >= 15 is 0 Å². The van der Waals surface area contributed by atoms with Gasteiger partial charge < -0.3 is 15.4 Å². The number of ether oxygens (including phenoxy) is 1. The summed E-state index contributed by atoms with van der Waals surface area (Å²) in [6.07, 6.45) is 2.49. The van der Waals surface area contributed by atoms with Gasteiger partial charge in [-0.1, -0.05) is 6.92 Å². The highest BCUT2D eigenvalue weighted by atomic mass is 16.5. The minimum atomic E-state index is -0.298. The fourth-order valence-corrected chi connectivity index (χ4v) is 2.20. The van der Waals surface area contributed by atoms with Gasteiger partial charge >= 0.3 is 6.01 Å². The third kappa shape index (κ3) is 3.91. The SMILES string of the molecule is CCCOc1nc(NN)nc(N2CCCC(C(N)=O)C2)n1. The Morgan fingerprint density at radius 2 is 2.29 bits per heavy atom. The van der Waals surface area contributed by atoms with Crippen LogP contribution in [0.3, 0.4) is 0 Å². The number of nitrogens with one attached hydrogen (secondary N) is 1. The third-order valence-corrected chi connectivity index (χ3v) is 3.27. The second-order valence-electron chi connectivity index (χ2n) is 4.92. The first-order valence-electron chi connectivity index (χ1n) is 7.03. The molecule has 116 valence electrons. The lowest BCUT2D eigenvalue weighted by Crippen LogP contribution is -2.42. The molecule has 1 atom stereocenters. The van der Waals surface area contributed by atoms with Gasteiger partial charge in [-0.25, -0.2) is 5.84 Å². The molecule has 1 saturated heterocycles. The number of hydrogen-bond acceptors (Lipinski definition) is 8. The summed E-state index contributed by atoms with van der Waals surface area (Å²) in [5.41, 5.74) is 7.78. The predicted octanol–water partition coefficient (Wildman–Crippen LogP) is -0.352. The van der Waals surface area contributed by atoms with E-state index in [0.717, 1.165) is 25.8 Å². The van der Waals surface area contributed by atoms with Crippen LogP contribution in [-0.4, -0.2) is 40.6 Å². The molecule has 1 fully saturated rings. The van der Waals surface area contributed by atoms with Gasteiger partial charge in [-0.3, -0.25) is 10.2 Å². The molecular weight excluding hydrogens is 274 g/mol. The highest BCUT2D eigenvalue weighted by Crippen LogP contribution is 2.22. The Morgan fingerprint density at radius 1 is 1.48 bits per heavy atom. The van der Waals surface area contributed by atoms with Crippen LogP contribution in [0.25, 0.3) is 0 Å². The number of nitrogens with zero attached hydrogens (tertiary/aromatic N) is 4. The summed E-state index contributed by atoms with van der Waals surface area (Å²) in [7, 11) is 0. The smallest absolute Gasteiger partial charge is 0.323 e. The van der Waals surface area contributed by atoms with Crippen molar-refractivity contribution < 1.29 is 9.53 Å². The van der Waals surface area contributed by atoms with E-state index in [-0.39, 0.29) is 23.8 Å². The monoisotopic (exact) mass is 295 g/mol. The molecule has 9 heteroatoms. The minimum absolute atomic E-state index is 0.190. The van der Waals surface area contributed by atoms with Crippen molar-refractivity contribution in [2.45, 2.75) is 26.2 Å². The third-order valence-electron chi connectivity index (χ3n) is 3.27. The molecule has 1 aromatic heterocycles. The highest BCUT2D eigenvalue weighted by Gasteiger charge is 2.26. The lowest BCUT2D eigenvalue weighted by atomic mass is 9.98. The summed E-state index contributed by atoms with van der Waals surface area (Å²) < 4.78 is 5.43. The minimum Gasteiger partial charge on any atom is -0.463 e. The van der Waals surface area contributed by atoms with Crippen LogP contribution in [0.5, 0.6) is 6.01 Å². The Labute approximate surface area is 123 Å². The van der Waals surface area contributed by atoms with Crippen LogP contribution in [-0.2, 0) is 4.79 Å². The van der Waals surface area contributed by atoms with Crippen molar-refractivity contribution in [2.75, 3.05) is 30.0 Å². The molecule has 0 spiro atoms. The maximum absolute atomic E-state index is 11.3. The zero-order valence-corrected chi connectivity index (χ0v) is 12.1. The van der Waals surface area contributed by atoms with Gasteiger partial charge in [-0.15, -0.1) is 0 Å². The maximum Gasteiger partial charge on any atom is 0.323 e. The van der Waals surface area contributed by atoms with E-state index in [1.165, 1.54) is 0 Å². The van der Waals surface area contributed by atoms with Crippen molar-refractivity contribution in [3.05, 3.63) is 0 Å². The number of piperidine rings is 1. The number of hydrogen-bond donors (Lipinski definition) is 3. The van der Waals surface area contributed by atoms with E-state index in [2.05, 4.69) is 20.4 Å². The molecule has 2 heterocycles. The van der Waals surface area contributed by atoms with Gasteiger partial charge in [-0.05, 0) is 19.3 Å². The average Bonchev–Trinajstić information content (AvgIpc) is 2.52. The summed E-state index contributed by atoms with van der Waals surface area (Å²) in [4.78, 5) is 25.8. The second-order valence-corrected chi connectivity index (χ2v) is 4.92. The number of rotatable bonds is 6. The standard InChI is InChI=1S/C12H21N7O2/c1-2-6-21-12-16-10(18-14)15-11(17-12)19-5-3-4-8(7-19)9(13)20/h8H,2-7,14H2,1H3,(H2,13,20)(H,15,16,17,18). The van der Waals surface area contributed by atoms with Gasteiger partial charge in [0.2, 0.25) is 17.8 Å². The number of nitrogens with two attached hydrogens (primary N) is 2. The Balaban J connectivity index is 2.18. The molecule has 1 amide bonds. The van der Waals surface area contributed by atoms with E-state index in [0.29, 0.717) is 19.1 Å². The Kier molecular flexibility index (Phi) is 5.09. The van der Waals surface area contributed by atoms with Gasteiger partial charge in [0.1, 0.15) is 0 Å². The lowest BCUT2D eigenvalue weighted by Gasteiger charge is -2.31. The van der Waals surface area contributed by atoms with Gasteiger partial charge in [0.25, 0.3) is 0 Å². The molecule has 0 aliphatic carbocycles. The molecule has 5 N–H and O–H groups in total. The first-order valence-corrected chi connectivity index (χ1v) is 7.03. The summed E-state index contributed by atoms with van der Waals surface area (Å²) in [6.45, 7) is 3.76. The molecule has 2 rings (SSSR count). The molecule has 0 bridgehead atoms. The Morgan fingerprint density at radius 3 is 2.95 bits per heavy atom. The Hall–Kier alpha value is -2.16. The van der Waals surface area contributed by atoms with Crippen LogP contribution in [0.15, 0.2) is 0 Å². The van der Waals surface area contributed by atoms with Crippen molar-refractivity contribution >= 4 is 17.8 Å². The number of amides is 1. The van der Waals surface area contributed by atoms with Crippen molar-refractivity contribution in [3.63, 3.8) is 0 Å². The van der Waals surface area contributed by atoms with Crippen molar-refractivity contribution in [2.24, 2.45) is 17.5 Å². The first kappa shape index (κ1) is 15.2. The fourth-order valence-electron chi connectivity index (χ4n) is 2.20. The number of carbonyl (C=O) groups is 1.